The molecular weight excluding hydrogens is 228 g/mol. The molecule has 1 aromatic carbocycles. The van der Waals surface area contributed by atoms with Crippen molar-refractivity contribution in [2.24, 2.45) is 5.73 Å². The third kappa shape index (κ3) is 3.29. The van der Waals surface area contributed by atoms with E-state index in [2.05, 4.69) is 15.6 Å². The Morgan fingerprint density at radius 2 is 1.94 bits per heavy atom. The number of carbonyl (C=O) groups excluding carboxylic acids is 1. The number of aromatic nitrogens is 1. The molecule has 0 saturated heterocycles. The first kappa shape index (κ1) is 12.1. The number of hydrogen-bond donors (Lipinski definition) is 3. The third-order valence-corrected chi connectivity index (χ3v) is 2.33. The highest BCUT2D eigenvalue weighted by molar-refractivity contribution is 5.99. The van der Waals surface area contributed by atoms with E-state index in [-0.39, 0.29) is 6.03 Å². The number of hydrogen-bond acceptors (Lipinski definition) is 3. The molecule has 1 heterocycles. The number of pyridine rings is 1. The lowest BCUT2D eigenvalue weighted by Crippen LogP contribution is -2.20. The van der Waals surface area contributed by atoms with Crippen molar-refractivity contribution < 1.29 is 4.79 Å². The van der Waals surface area contributed by atoms with Crippen LogP contribution in [0.5, 0.6) is 0 Å². The van der Waals surface area contributed by atoms with Gasteiger partial charge >= 0.3 is 6.03 Å². The van der Waals surface area contributed by atoms with Gasteiger partial charge in [0.1, 0.15) is 5.82 Å². The van der Waals surface area contributed by atoms with E-state index in [1.807, 2.05) is 30.3 Å². The first-order valence-electron chi connectivity index (χ1n) is 5.56. The van der Waals surface area contributed by atoms with Crippen LogP contribution in [0.2, 0.25) is 0 Å². The van der Waals surface area contributed by atoms with Crippen LogP contribution >= 0.6 is 0 Å². The summed E-state index contributed by atoms with van der Waals surface area (Å²) in [6, 6.07) is 12.4. The van der Waals surface area contributed by atoms with E-state index in [9.17, 15) is 4.79 Å². The van der Waals surface area contributed by atoms with E-state index in [1.165, 1.54) is 0 Å². The van der Waals surface area contributed by atoms with Gasteiger partial charge in [0.25, 0.3) is 0 Å². The summed E-state index contributed by atoms with van der Waals surface area (Å²) in [5.41, 5.74) is 7.16. The SMILES string of the molecule is NCc1ccnc(NC(=O)Nc2ccccc2)c1. The molecule has 0 atom stereocenters. The van der Waals surface area contributed by atoms with Gasteiger partial charge in [0.05, 0.1) is 0 Å². The largest absolute Gasteiger partial charge is 0.326 e. The maximum atomic E-state index is 11.7. The van der Waals surface area contributed by atoms with E-state index in [4.69, 9.17) is 5.73 Å². The number of nitrogens with one attached hydrogen (secondary N) is 2. The summed E-state index contributed by atoms with van der Waals surface area (Å²) < 4.78 is 0. The molecule has 5 heteroatoms. The van der Waals surface area contributed by atoms with E-state index in [0.29, 0.717) is 12.4 Å². The Kier molecular flexibility index (Phi) is 3.88. The fourth-order valence-electron chi connectivity index (χ4n) is 1.47. The van der Waals surface area contributed by atoms with Crippen molar-refractivity contribution in [2.75, 3.05) is 10.6 Å². The van der Waals surface area contributed by atoms with E-state index in [0.717, 1.165) is 11.3 Å². The highest BCUT2D eigenvalue weighted by Gasteiger charge is 2.03. The zero-order valence-corrected chi connectivity index (χ0v) is 9.76. The Morgan fingerprint density at radius 1 is 1.17 bits per heavy atom. The Hall–Kier alpha value is -2.40. The Morgan fingerprint density at radius 3 is 2.67 bits per heavy atom. The van der Waals surface area contributed by atoms with Gasteiger partial charge in [0.2, 0.25) is 0 Å². The lowest BCUT2D eigenvalue weighted by Gasteiger charge is -2.07. The second-order valence-electron chi connectivity index (χ2n) is 3.70. The van der Waals surface area contributed by atoms with E-state index in [1.54, 1.807) is 18.3 Å². The van der Waals surface area contributed by atoms with Crippen LogP contribution in [0.25, 0.3) is 0 Å². The van der Waals surface area contributed by atoms with E-state index < -0.39 is 0 Å². The van der Waals surface area contributed by atoms with Gasteiger partial charge in [-0.25, -0.2) is 9.78 Å². The Balaban J connectivity index is 1.99. The molecule has 92 valence electrons. The lowest BCUT2D eigenvalue weighted by molar-refractivity contribution is 0.262. The molecular formula is C13H14N4O. The second-order valence-corrected chi connectivity index (χ2v) is 3.70. The minimum atomic E-state index is -0.331. The summed E-state index contributed by atoms with van der Waals surface area (Å²) in [5, 5.41) is 5.35. The van der Waals surface area contributed by atoms with Gasteiger partial charge in [-0.05, 0) is 29.8 Å². The normalized spacial score (nSPS) is 9.83. The highest BCUT2D eigenvalue weighted by atomic mass is 16.2. The maximum absolute atomic E-state index is 11.7. The van der Waals surface area contributed by atoms with Crippen molar-refractivity contribution >= 4 is 17.5 Å². The molecule has 5 nitrogen and oxygen atoms in total. The quantitative estimate of drug-likeness (QED) is 0.771. The Labute approximate surface area is 105 Å². The van der Waals surface area contributed by atoms with Crippen LogP contribution in [0, 0.1) is 0 Å². The maximum Gasteiger partial charge on any atom is 0.324 e. The fraction of sp³-hybridized carbons (Fsp3) is 0.0769. The van der Waals surface area contributed by atoms with Crippen molar-refractivity contribution in [3.63, 3.8) is 0 Å². The van der Waals surface area contributed by atoms with Crippen molar-refractivity contribution in [2.45, 2.75) is 6.54 Å². The molecule has 0 bridgehead atoms. The van der Waals surface area contributed by atoms with Crippen LogP contribution in [0.4, 0.5) is 16.3 Å². The first-order valence-corrected chi connectivity index (χ1v) is 5.56. The van der Waals surface area contributed by atoms with Crippen LogP contribution < -0.4 is 16.4 Å². The zero-order valence-electron chi connectivity index (χ0n) is 9.76. The molecule has 0 unspecified atom stereocenters. The molecule has 2 amide bonds. The number of nitrogens with two attached hydrogens (primary N) is 1. The molecule has 0 aliphatic heterocycles. The van der Waals surface area contributed by atoms with Crippen molar-refractivity contribution in [3.8, 4) is 0 Å². The van der Waals surface area contributed by atoms with Gasteiger partial charge in [0, 0.05) is 18.4 Å². The molecule has 0 spiro atoms. The van der Waals surface area contributed by atoms with Crippen molar-refractivity contribution in [3.05, 3.63) is 54.2 Å². The number of carbonyl (C=O) groups is 1. The standard InChI is InChI=1S/C13H14N4O/c14-9-10-6-7-15-12(8-10)17-13(18)16-11-4-2-1-3-5-11/h1-8H,9,14H2,(H2,15,16,17,18). The molecule has 0 saturated carbocycles. The molecule has 0 aliphatic rings. The Bertz CT molecular complexity index is 528. The number of amides is 2. The average Bonchev–Trinajstić information content (AvgIpc) is 2.40. The third-order valence-electron chi connectivity index (χ3n) is 2.33. The number of anilines is 2. The summed E-state index contributed by atoms with van der Waals surface area (Å²) >= 11 is 0. The number of benzene rings is 1. The minimum absolute atomic E-state index is 0.331. The highest BCUT2D eigenvalue weighted by Crippen LogP contribution is 2.08. The monoisotopic (exact) mass is 242 g/mol. The number of nitrogens with zero attached hydrogens (tertiary/aromatic N) is 1. The predicted molar refractivity (Wildman–Crippen MR) is 71.2 cm³/mol. The fourth-order valence-corrected chi connectivity index (χ4v) is 1.47. The summed E-state index contributed by atoms with van der Waals surface area (Å²) in [7, 11) is 0. The lowest BCUT2D eigenvalue weighted by atomic mass is 10.2. The van der Waals surface area contributed by atoms with Crippen LogP contribution in [-0.2, 0) is 6.54 Å². The smallest absolute Gasteiger partial charge is 0.324 e. The molecule has 0 radical (unpaired) electrons. The van der Waals surface area contributed by atoms with Gasteiger partial charge in [-0.15, -0.1) is 0 Å². The summed E-state index contributed by atoms with van der Waals surface area (Å²) in [4.78, 5) is 15.7. The molecule has 0 fully saturated rings. The minimum Gasteiger partial charge on any atom is -0.326 e. The number of urea groups is 1. The summed E-state index contributed by atoms with van der Waals surface area (Å²) in [6.07, 6.45) is 1.61. The number of rotatable bonds is 3. The average molecular weight is 242 g/mol. The molecule has 4 N–H and O–H groups in total. The van der Waals surface area contributed by atoms with Crippen LogP contribution in [0.1, 0.15) is 5.56 Å². The molecule has 1 aromatic heterocycles. The molecule has 0 aliphatic carbocycles. The van der Waals surface area contributed by atoms with Gasteiger partial charge in [-0.2, -0.15) is 0 Å². The first-order chi connectivity index (χ1) is 8.78. The predicted octanol–water partition coefficient (Wildman–Crippen LogP) is 2.18. The summed E-state index contributed by atoms with van der Waals surface area (Å²) in [6.45, 7) is 0.414. The molecule has 18 heavy (non-hydrogen) atoms. The van der Waals surface area contributed by atoms with Crippen molar-refractivity contribution in [1.82, 2.24) is 4.98 Å². The van der Waals surface area contributed by atoms with Crippen molar-refractivity contribution in [1.29, 1.82) is 0 Å². The van der Waals surface area contributed by atoms with Gasteiger partial charge in [-0.1, -0.05) is 18.2 Å². The van der Waals surface area contributed by atoms with Gasteiger partial charge in [-0.3, -0.25) is 5.32 Å². The topological polar surface area (TPSA) is 80.0 Å². The molecule has 2 aromatic rings. The molecule has 2 rings (SSSR count). The zero-order chi connectivity index (χ0) is 12.8. The van der Waals surface area contributed by atoms with Crippen LogP contribution in [-0.4, -0.2) is 11.0 Å². The number of para-hydroxylation sites is 1. The van der Waals surface area contributed by atoms with Crippen LogP contribution in [0.15, 0.2) is 48.7 Å². The van der Waals surface area contributed by atoms with Crippen LogP contribution in [0.3, 0.4) is 0 Å². The van der Waals surface area contributed by atoms with Gasteiger partial charge in [0.15, 0.2) is 0 Å². The second kappa shape index (κ2) is 5.79. The van der Waals surface area contributed by atoms with Gasteiger partial charge < -0.3 is 11.1 Å². The summed E-state index contributed by atoms with van der Waals surface area (Å²) in [5.74, 6) is 0.478. The van der Waals surface area contributed by atoms with E-state index >= 15 is 0 Å².